The molecule has 0 saturated carbocycles. The van der Waals surface area contributed by atoms with Crippen LogP contribution >= 0.6 is 0 Å². The lowest BCUT2D eigenvalue weighted by Gasteiger charge is -2.15. The molecule has 0 heterocycles. The van der Waals surface area contributed by atoms with Crippen LogP contribution in [-0.4, -0.2) is 11.3 Å². The van der Waals surface area contributed by atoms with Crippen LogP contribution in [0.5, 0.6) is 5.75 Å². The summed E-state index contributed by atoms with van der Waals surface area (Å²) < 4.78 is 108. The van der Waals surface area contributed by atoms with Gasteiger partial charge < -0.3 is 4.74 Å². The van der Waals surface area contributed by atoms with Gasteiger partial charge in [0.15, 0.2) is 23.3 Å². The van der Waals surface area contributed by atoms with Crippen molar-refractivity contribution in [1.29, 1.82) is 0 Å². The Bertz CT molecular complexity index is 836. The van der Waals surface area contributed by atoms with Crippen LogP contribution in [0.4, 0.5) is 40.8 Å². The Balaban J connectivity index is 2.85. The largest absolute Gasteiger partial charge is 0.573 e. The lowest BCUT2D eigenvalue weighted by atomic mass is 10.0. The van der Waals surface area contributed by atoms with E-state index in [9.17, 15) is 45.2 Å². The van der Waals surface area contributed by atoms with Crippen LogP contribution in [0.3, 0.4) is 0 Å². The van der Waals surface area contributed by atoms with E-state index >= 15 is 0 Å². The molecule has 0 unspecified atom stereocenters. The smallest absolute Gasteiger partial charge is 0.405 e. The number of nitro benzene ring substituents is 1. The molecule has 0 radical (unpaired) electrons. The standard InChI is InChI=1S/C13H3F8NO3/c14-8-7(9(15)11(17)12(18)10(8)16)5-3-4(22(23)24)1-2-6(5)25-13(19,20)21/h1-3H. The van der Waals surface area contributed by atoms with Gasteiger partial charge >= 0.3 is 6.36 Å². The molecule has 25 heavy (non-hydrogen) atoms. The zero-order valence-corrected chi connectivity index (χ0v) is 11.4. The number of nitro groups is 1. The minimum Gasteiger partial charge on any atom is -0.405 e. The van der Waals surface area contributed by atoms with Crippen molar-refractivity contribution in [2.75, 3.05) is 0 Å². The zero-order chi connectivity index (χ0) is 19.1. The van der Waals surface area contributed by atoms with Crippen molar-refractivity contribution >= 4 is 5.69 Å². The average Bonchev–Trinajstić information content (AvgIpc) is 2.51. The first-order valence-electron chi connectivity index (χ1n) is 6.00. The summed E-state index contributed by atoms with van der Waals surface area (Å²) in [5.74, 6) is -13.7. The third-order valence-electron chi connectivity index (χ3n) is 2.88. The number of ether oxygens (including phenoxy) is 1. The van der Waals surface area contributed by atoms with Crippen LogP contribution in [0.1, 0.15) is 0 Å². The summed E-state index contributed by atoms with van der Waals surface area (Å²) in [6.07, 6.45) is -5.39. The first kappa shape index (κ1) is 18.4. The molecule has 2 rings (SSSR count). The Morgan fingerprint density at radius 1 is 0.880 bits per heavy atom. The monoisotopic (exact) mass is 373 g/mol. The van der Waals surface area contributed by atoms with Crippen molar-refractivity contribution in [1.82, 2.24) is 0 Å². The number of nitrogens with zero attached hydrogens (tertiary/aromatic N) is 1. The maximum atomic E-state index is 13.8. The van der Waals surface area contributed by atoms with Gasteiger partial charge in [0.05, 0.1) is 10.5 Å². The Morgan fingerprint density at radius 2 is 1.36 bits per heavy atom. The Morgan fingerprint density at radius 3 is 1.80 bits per heavy atom. The summed E-state index contributed by atoms with van der Waals surface area (Å²) in [6, 6.07) is 1.01. The van der Waals surface area contributed by atoms with Gasteiger partial charge in [0.1, 0.15) is 5.75 Å². The van der Waals surface area contributed by atoms with Crippen molar-refractivity contribution in [3.8, 4) is 16.9 Å². The summed E-state index contributed by atoms with van der Waals surface area (Å²) >= 11 is 0. The lowest BCUT2D eigenvalue weighted by molar-refractivity contribution is -0.384. The highest BCUT2D eigenvalue weighted by Gasteiger charge is 2.35. The van der Waals surface area contributed by atoms with Crippen LogP contribution in [0.15, 0.2) is 18.2 Å². The van der Waals surface area contributed by atoms with E-state index < -0.39 is 62.9 Å². The number of rotatable bonds is 3. The van der Waals surface area contributed by atoms with E-state index in [1.54, 1.807) is 0 Å². The number of non-ortho nitro benzene ring substituents is 1. The molecule has 2 aromatic carbocycles. The molecule has 0 aliphatic heterocycles. The highest BCUT2D eigenvalue weighted by atomic mass is 19.4. The second-order valence-corrected chi connectivity index (χ2v) is 4.43. The second kappa shape index (κ2) is 6.18. The van der Waals surface area contributed by atoms with Crippen molar-refractivity contribution in [3.63, 3.8) is 0 Å². The zero-order valence-electron chi connectivity index (χ0n) is 11.4. The normalized spacial score (nSPS) is 11.5. The fourth-order valence-corrected chi connectivity index (χ4v) is 1.88. The van der Waals surface area contributed by atoms with Gasteiger partial charge in [0, 0.05) is 17.7 Å². The quantitative estimate of drug-likeness (QED) is 0.254. The molecule has 0 aliphatic carbocycles. The minimum atomic E-state index is -5.39. The topological polar surface area (TPSA) is 52.4 Å². The van der Waals surface area contributed by atoms with Gasteiger partial charge in [-0.15, -0.1) is 13.2 Å². The van der Waals surface area contributed by atoms with Crippen LogP contribution < -0.4 is 4.74 Å². The molecule has 134 valence electrons. The summed E-state index contributed by atoms with van der Waals surface area (Å²) in [5.41, 5.74) is -4.09. The van der Waals surface area contributed by atoms with Gasteiger partial charge in [0.2, 0.25) is 5.82 Å². The molecule has 0 N–H and O–H groups in total. The maximum Gasteiger partial charge on any atom is 0.573 e. The fraction of sp³-hybridized carbons (Fsp3) is 0.0769. The number of hydrogen-bond acceptors (Lipinski definition) is 3. The van der Waals surface area contributed by atoms with E-state index in [0.717, 1.165) is 0 Å². The summed E-state index contributed by atoms with van der Waals surface area (Å²) in [4.78, 5) is 9.54. The van der Waals surface area contributed by atoms with Crippen LogP contribution in [-0.2, 0) is 0 Å². The third-order valence-corrected chi connectivity index (χ3v) is 2.88. The third kappa shape index (κ3) is 3.46. The van der Waals surface area contributed by atoms with Crippen LogP contribution in [0.25, 0.3) is 11.1 Å². The fourth-order valence-electron chi connectivity index (χ4n) is 1.88. The van der Waals surface area contributed by atoms with Crippen LogP contribution in [0, 0.1) is 39.2 Å². The van der Waals surface area contributed by atoms with Crippen molar-refractivity contribution in [2.24, 2.45) is 0 Å². The van der Waals surface area contributed by atoms with E-state index in [4.69, 9.17) is 0 Å². The van der Waals surface area contributed by atoms with Gasteiger partial charge in [-0.05, 0) is 6.07 Å². The molecule has 0 fully saturated rings. The number of benzene rings is 2. The van der Waals surface area contributed by atoms with Crippen molar-refractivity contribution in [3.05, 3.63) is 57.4 Å². The molecule has 0 spiro atoms. The molecule has 0 aliphatic rings. The van der Waals surface area contributed by atoms with Crippen molar-refractivity contribution in [2.45, 2.75) is 6.36 Å². The average molecular weight is 373 g/mol. The molecule has 4 nitrogen and oxygen atoms in total. The van der Waals surface area contributed by atoms with E-state index in [0.29, 0.717) is 12.1 Å². The Hall–Kier alpha value is -2.92. The molecule has 0 amide bonds. The first-order valence-corrected chi connectivity index (χ1v) is 6.00. The molecule has 0 aromatic heterocycles. The SMILES string of the molecule is O=[N+]([O-])c1ccc(OC(F)(F)F)c(-c2c(F)c(F)c(F)c(F)c2F)c1. The Labute approximate surface area is 132 Å². The highest BCUT2D eigenvalue weighted by molar-refractivity contribution is 5.74. The van der Waals surface area contributed by atoms with Crippen molar-refractivity contribution < 1.29 is 44.8 Å². The predicted octanol–water partition coefficient (Wildman–Crippen LogP) is 4.86. The number of alkyl halides is 3. The molecule has 0 saturated heterocycles. The van der Waals surface area contributed by atoms with Gasteiger partial charge in [-0.3, -0.25) is 10.1 Å². The van der Waals surface area contributed by atoms with E-state index in [-0.39, 0.29) is 6.07 Å². The first-order chi connectivity index (χ1) is 11.4. The van der Waals surface area contributed by atoms with E-state index in [1.807, 2.05) is 0 Å². The summed E-state index contributed by atoms with van der Waals surface area (Å²) in [7, 11) is 0. The maximum absolute atomic E-state index is 13.8. The highest BCUT2D eigenvalue weighted by Crippen LogP contribution is 2.40. The molecule has 0 atom stereocenters. The molecule has 0 bridgehead atoms. The van der Waals surface area contributed by atoms with E-state index in [1.165, 1.54) is 0 Å². The van der Waals surface area contributed by atoms with E-state index in [2.05, 4.69) is 4.74 Å². The van der Waals surface area contributed by atoms with Crippen LogP contribution in [0.2, 0.25) is 0 Å². The van der Waals surface area contributed by atoms with Gasteiger partial charge in [-0.25, -0.2) is 22.0 Å². The molecular formula is C13H3F8NO3. The second-order valence-electron chi connectivity index (χ2n) is 4.43. The molecule has 2 aromatic rings. The summed E-state index contributed by atoms with van der Waals surface area (Å²) in [5, 5.41) is 10.7. The summed E-state index contributed by atoms with van der Waals surface area (Å²) in [6.45, 7) is 0. The minimum absolute atomic E-state index is 0.194. The number of hydrogen-bond donors (Lipinski definition) is 0. The van der Waals surface area contributed by atoms with Gasteiger partial charge in [0.25, 0.3) is 5.69 Å². The Kier molecular flexibility index (Phi) is 4.55. The molecular weight excluding hydrogens is 370 g/mol. The van der Waals surface area contributed by atoms with Gasteiger partial charge in [-0.1, -0.05) is 0 Å². The lowest BCUT2D eigenvalue weighted by Crippen LogP contribution is -2.18. The predicted molar refractivity (Wildman–Crippen MR) is 65.0 cm³/mol. The molecule has 12 heteroatoms. The van der Waals surface area contributed by atoms with Gasteiger partial charge in [-0.2, -0.15) is 0 Å². The number of halogens is 8.